The number of nitrogens with one attached hydrogen (secondary N) is 1. The largest absolute Gasteiger partial charge is 0.484 e. The maximum Gasteiger partial charge on any atom is 0.422 e. The van der Waals surface area contributed by atoms with Crippen molar-refractivity contribution >= 4 is 22.7 Å². The summed E-state index contributed by atoms with van der Waals surface area (Å²) >= 11 is 0. The van der Waals surface area contributed by atoms with Crippen molar-refractivity contribution in [2.24, 2.45) is 0 Å². The standard InChI is InChI=1S/C18H14F3N3O6/c19-18(20,21)10-29-13-4-1-11(2-5-13)8-22-16(25)9-23-14-6-3-12(24(27)28)7-15(14)30-17(23)26/h1-7H,8-10H2,(H,22,25). The highest BCUT2D eigenvalue weighted by Gasteiger charge is 2.28. The first kappa shape index (κ1) is 20.9. The highest BCUT2D eigenvalue weighted by Crippen LogP contribution is 2.20. The number of fused-ring (bicyclic) bond motifs is 1. The van der Waals surface area contributed by atoms with Crippen LogP contribution in [0.15, 0.2) is 51.7 Å². The maximum absolute atomic E-state index is 12.2. The van der Waals surface area contributed by atoms with Gasteiger partial charge in [-0.3, -0.25) is 19.5 Å². The first-order valence-electron chi connectivity index (χ1n) is 8.45. The van der Waals surface area contributed by atoms with Crippen molar-refractivity contribution in [1.82, 2.24) is 9.88 Å². The van der Waals surface area contributed by atoms with E-state index in [2.05, 4.69) is 10.1 Å². The van der Waals surface area contributed by atoms with Crippen LogP contribution in [0.1, 0.15) is 5.56 Å². The molecule has 0 aliphatic rings. The fourth-order valence-corrected chi connectivity index (χ4v) is 2.59. The van der Waals surface area contributed by atoms with Crippen LogP contribution < -0.4 is 15.8 Å². The molecule has 1 aromatic heterocycles. The molecule has 30 heavy (non-hydrogen) atoms. The van der Waals surface area contributed by atoms with E-state index in [1.54, 1.807) is 0 Å². The van der Waals surface area contributed by atoms with E-state index < -0.39 is 29.4 Å². The van der Waals surface area contributed by atoms with Crippen LogP contribution in [0.4, 0.5) is 18.9 Å². The average Bonchev–Trinajstić information content (AvgIpc) is 2.99. The number of carbonyl (C=O) groups is 1. The molecule has 0 unspecified atom stereocenters. The Kier molecular flexibility index (Phi) is 5.76. The predicted octanol–water partition coefficient (Wildman–Crippen LogP) is 2.76. The van der Waals surface area contributed by atoms with Gasteiger partial charge in [0.2, 0.25) is 5.91 Å². The Bertz CT molecular complexity index is 1130. The molecule has 1 amide bonds. The van der Waals surface area contributed by atoms with Crippen LogP contribution >= 0.6 is 0 Å². The monoisotopic (exact) mass is 425 g/mol. The zero-order valence-corrected chi connectivity index (χ0v) is 15.1. The van der Waals surface area contributed by atoms with Crippen LogP contribution in [0.3, 0.4) is 0 Å². The Morgan fingerprint density at radius 3 is 2.53 bits per heavy atom. The van der Waals surface area contributed by atoms with Gasteiger partial charge in [0.1, 0.15) is 12.3 Å². The molecule has 0 atom stereocenters. The topological polar surface area (TPSA) is 117 Å². The molecule has 2 aromatic carbocycles. The van der Waals surface area contributed by atoms with Gasteiger partial charge in [-0.25, -0.2) is 4.79 Å². The van der Waals surface area contributed by atoms with Crippen molar-refractivity contribution in [2.75, 3.05) is 6.61 Å². The summed E-state index contributed by atoms with van der Waals surface area (Å²) in [6, 6.07) is 9.25. The number of nitrogens with zero attached hydrogens (tertiary/aromatic N) is 2. The minimum Gasteiger partial charge on any atom is -0.484 e. The number of ether oxygens (including phenoxy) is 1. The second kappa shape index (κ2) is 8.27. The van der Waals surface area contributed by atoms with Gasteiger partial charge in [0, 0.05) is 12.6 Å². The summed E-state index contributed by atoms with van der Waals surface area (Å²) in [6.07, 6.45) is -4.44. The van der Waals surface area contributed by atoms with Gasteiger partial charge in [-0.05, 0) is 23.8 Å². The van der Waals surface area contributed by atoms with E-state index in [0.29, 0.717) is 5.56 Å². The van der Waals surface area contributed by atoms with E-state index in [1.165, 1.54) is 36.4 Å². The van der Waals surface area contributed by atoms with E-state index in [9.17, 15) is 32.9 Å². The van der Waals surface area contributed by atoms with Gasteiger partial charge in [0.25, 0.3) is 5.69 Å². The first-order chi connectivity index (χ1) is 14.1. The highest BCUT2D eigenvalue weighted by molar-refractivity contribution is 5.80. The van der Waals surface area contributed by atoms with Crippen LogP contribution in [0.2, 0.25) is 0 Å². The molecule has 1 heterocycles. The quantitative estimate of drug-likeness (QED) is 0.460. The lowest BCUT2D eigenvalue weighted by atomic mass is 10.2. The van der Waals surface area contributed by atoms with Gasteiger partial charge < -0.3 is 14.5 Å². The van der Waals surface area contributed by atoms with E-state index in [1.807, 2.05) is 0 Å². The number of non-ortho nitro benzene ring substituents is 1. The third kappa shape index (κ3) is 5.16. The summed E-state index contributed by atoms with van der Waals surface area (Å²) in [4.78, 5) is 34.3. The van der Waals surface area contributed by atoms with Crippen LogP contribution in [-0.2, 0) is 17.9 Å². The van der Waals surface area contributed by atoms with Crippen molar-refractivity contribution in [3.63, 3.8) is 0 Å². The zero-order valence-electron chi connectivity index (χ0n) is 15.1. The second-order valence-electron chi connectivity index (χ2n) is 6.19. The zero-order chi connectivity index (χ0) is 21.9. The second-order valence-corrected chi connectivity index (χ2v) is 6.19. The Morgan fingerprint density at radius 1 is 1.20 bits per heavy atom. The summed E-state index contributed by atoms with van der Waals surface area (Å²) in [5.41, 5.74) is 0.557. The number of hydrogen-bond donors (Lipinski definition) is 1. The summed E-state index contributed by atoms with van der Waals surface area (Å²) in [7, 11) is 0. The molecule has 1 N–H and O–H groups in total. The number of benzene rings is 2. The van der Waals surface area contributed by atoms with Crippen LogP contribution in [0, 0.1) is 10.1 Å². The fourth-order valence-electron chi connectivity index (χ4n) is 2.59. The molecule has 0 aliphatic heterocycles. The number of hydrogen-bond acceptors (Lipinski definition) is 6. The van der Waals surface area contributed by atoms with Crippen molar-refractivity contribution in [3.05, 3.63) is 68.7 Å². The SMILES string of the molecule is O=C(Cn1c(=O)oc2cc([N+](=O)[O-])ccc21)NCc1ccc(OCC(F)(F)F)cc1. The molecule has 3 aromatic rings. The van der Waals surface area contributed by atoms with Crippen LogP contribution in [0.5, 0.6) is 5.75 Å². The minimum atomic E-state index is -4.44. The third-order valence-corrected chi connectivity index (χ3v) is 3.98. The number of alkyl halides is 3. The normalized spacial score (nSPS) is 11.4. The lowest BCUT2D eigenvalue weighted by molar-refractivity contribution is -0.384. The van der Waals surface area contributed by atoms with Crippen molar-refractivity contribution in [2.45, 2.75) is 19.3 Å². The summed E-state index contributed by atoms with van der Waals surface area (Å²) in [5, 5.41) is 13.4. The lowest BCUT2D eigenvalue weighted by Gasteiger charge is -2.10. The molecule has 0 fully saturated rings. The van der Waals surface area contributed by atoms with Gasteiger partial charge >= 0.3 is 11.9 Å². The van der Waals surface area contributed by atoms with E-state index in [0.717, 1.165) is 10.6 Å². The van der Waals surface area contributed by atoms with Crippen LogP contribution in [-0.4, -0.2) is 28.2 Å². The Balaban J connectivity index is 1.60. The molecule has 0 aliphatic carbocycles. The number of amides is 1. The van der Waals surface area contributed by atoms with Crippen molar-refractivity contribution < 1.29 is 32.0 Å². The average molecular weight is 425 g/mol. The molecule has 0 saturated heterocycles. The molecule has 9 nitrogen and oxygen atoms in total. The smallest absolute Gasteiger partial charge is 0.422 e. The van der Waals surface area contributed by atoms with Gasteiger partial charge in [0.15, 0.2) is 12.2 Å². The van der Waals surface area contributed by atoms with Crippen molar-refractivity contribution in [1.29, 1.82) is 0 Å². The fraction of sp³-hybridized carbons (Fsp3) is 0.222. The lowest BCUT2D eigenvalue weighted by Crippen LogP contribution is -2.30. The molecule has 3 rings (SSSR count). The summed E-state index contributed by atoms with van der Waals surface area (Å²) in [6.45, 7) is -1.72. The minimum absolute atomic E-state index is 0.0172. The van der Waals surface area contributed by atoms with E-state index in [4.69, 9.17) is 4.42 Å². The molecular formula is C18H14F3N3O6. The third-order valence-electron chi connectivity index (χ3n) is 3.98. The van der Waals surface area contributed by atoms with Gasteiger partial charge in [-0.1, -0.05) is 12.1 Å². The number of halogens is 3. The summed E-state index contributed by atoms with van der Waals surface area (Å²) < 4.78 is 47.0. The molecule has 158 valence electrons. The molecule has 12 heteroatoms. The van der Waals surface area contributed by atoms with Gasteiger partial charge in [0.05, 0.1) is 16.5 Å². The van der Waals surface area contributed by atoms with E-state index in [-0.39, 0.29) is 35.6 Å². The number of nitro groups is 1. The molecular weight excluding hydrogens is 411 g/mol. The number of rotatable bonds is 7. The predicted molar refractivity (Wildman–Crippen MR) is 97.0 cm³/mol. The number of carbonyl (C=O) groups excluding carboxylic acids is 1. The number of nitro benzene ring substituents is 1. The first-order valence-corrected chi connectivity index (χ1v) is 8.45. The highest BCUT2D eigenvalue weighted by atomic mass is 19.4. The Labute approximate surface area is 165 Å². The van der Waals surface area contributed by atoms with Crippen molar-refractivity contribution in [3.8, 4) is 5.75 Å². The van der Waals surface area contributed by atoms with Gasteiger partial charge in [-0.2, -0.15) is 13.2 Å². The molecule has 0 saturated carbocycles. The molecule has 0 bridgehead atoms. The molecule has 0 spiro atoms. The Morgan fingerprint density at radius 2 is 1.90 bits per heavy atom. The van der Waals surface area contributed by atoms with Gasteiger partial charge in [-0.15, -0.1) is 0 Å². The van der Waals surface area contributed by atoms with E-state index >= 15 is 0 Å². The maximum atomic E-state index is 12.2. The number of oxazole rings is 1. The van der Waals surface area contributed by atoms with Crippen LogP contribution in [0.25, 0.3) is 11.1 Å². The molecule has 0 radical (unpaired) electrons. The summed E-state index contributed by atoms with van der Waals surface area (Å²) in [5.74, 6) is -1.34. The number of aromatic nitrogens is 1. The Hall–Kier alpha value is -3.83.